The van der Waals surface area contributed by atoms with Crippen molar-refractivity contribution in [3.63, 3.8) is 0 Å². The van der Waals surface area contributed by atoms with Crippen LogP contribution in [0.1, 0.15) is 12.0 Å². The molecule has 2 heterocycles. The normalized spacial score (nSPS) is 17.2. The summed E-state index contributed by atoms with van der Waals surface area (Å²) in [4.78, 5) is 11.4. The molecule has 3 N–H and O–H groups in total. The summed E-state index contributed by atoms with van der Waals surface area (Å²) in [6, 6.07) is 10.2. The van der Waals surface area contributed by atoms with Crippen LogP contribution in [0.4, 0.5) is 10.2 Å². The number of anilines is 1. The van der Waals surface area contributed by atoms with Crippen LogP contribution in [0, 0.1) is 18.7 Å². The first-order valence-corrected chi connectivity index (χ1v) is 8.78. The Morgan fingerprint density at radius 2 is 2.12 bits per heavy atom. The molecule has 134 valence electrons. The highest BCUT2D eigenvalue weighted by Crippen LogP contribution is 2.35. The number of hydrogen-bond donors (Lipinski definition) is 2. The number of phenols is 1. The Labute approximate surface area is 151 Å². The van der Waals surface area contributed by atoms with Crippen molar-refractivity contribution in [2.45, 2.75) is 13.3 Å². The lowest BCUT2D eigenvalue weighted by molar-refractivity contribution is 0.471. The molecule has 1 aromatic heterocycles. The van der Waals surface area contributed by atoms with E-state index < -0.39 is 5.82 Å². The summed E-state index contributed by atoms with van der Waals surface area (Å²) < 4.78 is 14.4. The third kappa shape index (κ3) is 2.86. The summed E-state index contributed by atoms with van der Waals surface area (Å²) in [5.41, 5.74) is 7.66. The number of benzene rings is 2. The Balaban J connectivity index is 1.93. The number of aryl methyl sites for hydroxylation is 1. The summed E-state index contributed by atoms with van der Waals surface area (Å²) >= 11 is 0. The zero-order chi connectivity index (χ0) is 18.3. The average Bonchev–Trinajstić information content (AvgIpc) is 3.09. The van der Waals surface area contributed by atoms with E-state index in [0.717, 1.165) is 41.8 Å². The standard InChI is InChI=1S/C20H21FN4O/c1-12-5-6-14-16(9-12)23-19(18-15(21)3-2-4-17(18)26)24-20(14)25-8-7-13(10-22)11-25/h2-6,9,13,26H,7-8,10-11,22H2,1H3. The molecule has 1 fully saturated rings. The minimum Gasteiger partial charge on any atom is -0.507 e. The van der Waals surface area contributed by atoms with Gasteiger partial charge in [-0.2, -0.15) is 0 Å². The molecule has 1 saturated heterocycles. The van der Waals surface area contributed by atoms with Crippen molar-refractivity contribution in [2.75, 3.05) is 24.5 Å². The number of aromatic hydroxyl groups is 1. The van der Waals surface area contributed by atoms with Crippen LogP contribution in [0.5, 0.6) is 5.75 Å². The Kier molecular flexibility index (Phi) is 4.20. The van der Waals surface area contributed by atoms with Gasteiger partial charge in [0.1, 0.15) is 17.4 Å². The number of rotatable bonds is 3. The highest BCUT2D eigenvalue weighted by Gasteiger charge is 2.25. The van der Waals surface area contributed by atoms with E-state index in [0.29, 0.717) is 12.5 Å². The predicted octanol–water partition coefficient (Wildman–Crippen LogP) is 3.23. The lowest BCUT2D eigenvalue weighted by Crippen LogP contribution is -2.24. The van der Waals surface area contributed by atoms with Gasteiger partial charge >= 0.3 is 0 Å². The van der Waals surface area contributed by atoms with Gasteiger partial charge in [0.25, 0.3) is 0 Å². The van der Waals surface area contributed by atoms with E-state index in [2.05, 4.69) is 14.9 Å². The van der Waals surface area contributed by atoms with Crippen molar-refractivity contribution < 1.29 is 9.50 Å². The first-order chi connectivity index (χ1) is 12.6. The van der Waals surface area contributed by atoms with E-state index in [1.807, 2.05) is 25.1 Å². The minimum atomic E-state index is -0.538. The predicted molar refractivity (Wildman–Crippen MR) is 101 cm³/mol. The van der Waals surface area contributed by atoms with Gasteiger partial charge < -0.3 is 15.7 Å². The summed E-state index contributed by atoms with van der Waals surface area (Å²) in [5.74, 6) is 0.692. The van der Waals surface area contributed by atoms with Crippen LogP contribution in [0.3, 0.4) is 0 Å². The van der Waals surface area contributed by atoms with Gasteiger partial charge in [-0.15, -0.1) is 0 Å². The molecule has 1 atom stereocenters. The maximum Gasteiger partial charge on any atom is 0.168 e. The zero-order valence-electron chi connectivity index (χ0n) is 14.6. The van der Waals surface area contributed by atoms with Crippen LogP contribution in [0.15, 0.2) is 36.4 Å². The summed E-state index contributed by atoms with van der Waals surface area (Å²) in [5, 5.41) is 11.1. The smallest absolute Gasteiger partial charge is 0.168 e. The van der Waals surface area contributed by atoms with Crippen molar-refractivity contribution >= 4 is 16.7 Å². The fourth-order valence-electron chi connectivity index (χ4n) is 3.53. The van der Waals surface area contributed by atoms with Gasteiger partial charge in [0, 0.05) is 18.5 Å². The number of aromatic nitrogens is 2. The van der Waals surface area contributed by atoms with E-state index >= 15 is 0 Å². The van der Waals surface area contributed by atoms with E-state index in [1.54, 1.807) is 0 Å². The molecule has 1 unspecified atom stereocenters. The molecule has 4 rings (SSSR count). The quantitative estimate of drug-likeness (QED) is 0.757. The van der Waals surface area contributed by atoms with Gasteiger partial charge in [0.15, 0.2) is 5.82 Å². The molecule has 6 heteroatoms. The maximum absolute atomic E-state index is 14.4. The van der Waals surface area contributed by atoms with E-state index in [-0.39, 0.29) is 17.1 Å². The lowest BCUT2D eigenvalue weighted by atomic mass is 10.1. The SMILES string of the molecule is Cc1ccc2c(N3CCC(CN)C3)nc(-c3c(O)cccc3F)nc2c1. The Morgan fingerprint density at radius 3 is 2.85 bits per heavy atom. The summed E-state index contributed by atoms with van der Waals surface area (Å²) in [7, 11) is 0. The Morgan fingerprint density at radius 1 is 1.27 bits per heavy atom. The van der Waals surface area contributed by atoms with Gasteiger partial charge in [0.05, 0.1) is 11.1 Å². The second-order valence-electron chi connectivity index (χ2n) is 6.86. The van der Waals surface area contributed by atoms with E-state index in [1.165, 1.54) is 18.2 Å². The third-order valence-electron chi connectivity index (χ3n) is 4.97. The van der Waals surface area contributed by atoms with Crippen LogP contribution in [-0.4, -0.2) is 34.7 Å². The molecule has 0 spiro atoms. The number of nitrogens with zero attached hydrogens (tertiary/aromatic N) is 3. The average molecular weight is 352 g/mol. The van der Waals surface area contributed by atoms with Gasteiger partial charge in [-0.3, -0.25) is 0 Å². The molecule has 3 aromatic rings. The monoisotopic (exact) mass is 352 g/mol. The fraction of sp³-hybridized carbons (Fsp3) is 0.300. The molecular formula is C20H21FN4O. The topological polar surface area (TPSA) is 75.3 Å². The number of halogens is 1. The molecule has 0 saturated carbocycles. The van der Waals surface area contributed by atoms with E-state index in [9.17, 15) is 9.50 Å². The van der Waals surface area contributed by atoms with Crippen LogP contribution < -0.4 is 10.6 Å². The van der Waals surface area contributed by atoms with Crippen LogP contribution >= 0.6 is 0 Å². The number of fused-ring (bicyclic) bond motifs is 1. The number of phenolic OH excluding ortho intramolecular Hbond substituents is 1. The van der Waals surface area contributed by atoms with Crippen LogP contribution in [-0.2, 0) is 0 Å². The second kappa shape index (κ2) is 6.53. The molecule has 5 nitrogen and oxygen atoms in total. The first kappa shape index (κ1) is 16.7. The molecule has 0 bridgehead atoms. The van der Waals surface area contributed by atoms with Gasteiger partial charge in [-0.05, 0) is 55.6 Å². The van der Waals surface area contributed by atoms with Gasteiger partial charge in [0.2, 0.25) is 0 Å². The van der Waals surface area contributed by atoms with Crippen molar-refractivity contribution in [3.05, 3.63) is 47.8 Å². The number of nitrogens with two attached hydrogens (primary N) is 1. The summed E-state index contributed by atoms with van der Waals surface area (Å²) in [6.07, 6.45) is 1.01. The molecule has 26 heavy (non-hydrogen) atoms. The van der Waals surface area contributed by atoms with Crippen molar-refractivity contribution in [1.82, 2.24) is 9.97 Å². The molecule has 1 aliphatic rings. The highest BCUT2D eigenvalue weighted by molar-refractivity contribution is 5.92. The van der Waals surface area contributed by atoms with Crippen molar-refractivity contribution in [3.8, 4) is 17.1 Å². The van der Waals surface area contributed by atoms with Crippen molar-refractivity contribution in [1.29, 1.82) is 0 Å². The second-order valence-corrected chi connectivity index (χ2v) is 6.86. The molecule has 2 aromatic carbocycles. The lowest BCUT2D eigenvalue weighted by Gasteiger charge is -2.20. The maximum atomic E-state index is 14.4. The Bertz CT molecular complexity index is 955. The molecule has 0 aliphatic carbocycles. The largest absolute Gasteiger partial charge is 0.507 e. The number of hydrogen-bond acceptors (Lipinski definition) is 5. The zero-order valence-corrected chi connectivity index (χ0v) is 14.6. The minimum absolute atomic E-state index is 0.0340. The molecule has 0 amide bonds. The highest BCUT2D eigenvalue weighted by atomic mass is 19.1. The van der Waals surface area contributed by atoms with Crippen LogP contribution in [0.25, 0.3) is 22.3 Å². The van der Waals surface area contributed by atoms with Crippen LogP contribution in [0.2, 0.25) is 0 Å². The molecule has 1 aliphatic heterocycles. The summed E-state index contributed by atoms with van der Waals surface area (Å²) in [6.45, 7) is 4.30. The first-order valence-electron chi connectivity index (χ1n) is 8.78. The van der Waals surface area contributed by atoms with E-state index in [4.69, 9.17) is 5.73 Å². The van der Waals surface area contributed by atoms with Gasteiger partial charge in [-0.25, -0.2) is 14.4 Å². The Hall–Kier alpha value is -2.73. The molecule has 0 radical (unpaired) electrons. The van der Waals surface area contributed by atoms with Crippen molar-refractivity contribution in [2.24, 2.45) is 11.7 Å². The molecular weight excluding hydrogens is 331 g/mol. The van der Waals surface area contributed by atoms with Gasteiger partial charge in [-0.1, -0.05) is 12.1 Å². The third-order valence-corrected chi connectivity index (χ3v) is 4.97. The fourth-order valence-corrected chi connectivity index (χ4v) is 3.53.